The molecule has 2 unspecified atom stereocenters. The molecule has 2 fully saturated rings. The molecule has 0 bridgehead atoms. The van der Waals surface area contributed by atoms with Gasteiger partial charge >= 0.3 is 6.09 Å². The smallest absolute Gasteiger partial charge is 0.416 e. The van der Waals surface area contributed by atoms with Crippen molar-refractivity contribution in [1.82, 2.24) is 25.1 Å². The molecule has 0 spiro atoms. The number of hydrogen-bond acceptors (Lipinski definition) is 7. The quantitative estimate of drug-likeness (QED) is 0.341. The lowest BCUT2D eigenvalue weighted by molar-refractivity contribution is -0.135. The van der Waals surface area contributed by atoms with Crippen LogP contribution in [0.1, 0.15) is 37.1 Å². The van der Waals surface area contributed by atoms with E-state index in [0.717, 1.165) is 37.3 Å². The standard InChI is InChI=1S/C25H37N5O4Si/c1-35(2,3)14-13-33-18-29-27-23(26-28-29)16-22(20-11-7-8-12-20)24(31)30-21(17-34-25(30)32)15-19-9-5-4-6-10-19/h4-6,9-10,20-22H,7-8,11-18H2,1-3H3. The Morgan fingerprint density at radius 1 is 1.20 bits per heavy atom. The average Bonchev–Trinajstić information content (AvgIpc) is 3.57. The number of ether oxygens (including phenoxy) is 2. The van der Waals surface area contributed by atoms with Crippen molar-refractivity contribution in [3.8, 4) is 0 Å². The molecule has 1 saturated heterocycles. The summed E-state index contributed by atoms with van der Waals surface area (Å²) in [4.78, 5) is 29.2. The lowest BCUT2D eigenvalue weighted by Gasteiger charge is -2.27. The molecule has 1 aromatic carbocycles. The Hall–Kier alpha value is -2.59. The third-order valence-electron chi connectivity index (χ3n) is 6.90. The molecule has 190 valence electrons. The number of imide groups is 1. The fraction of sp³-hybridized carbons (Fsp3) is 0.640. The van der Waals surface area contributed by atoms with Crippen LogP contribution < -0.4 is 0 Å². The summed E-state index contributed by atoms with van der Waals surface area (Å²) in [5.74, 6) is 0.166. The van der Waals surface area contributed by atoms with Crippen LogP contribution in [0, 0.1) is 11.8 Å². The lowest BCUT2D eigenvalue weighted by atomic mass is 9.86. The zero-order chi connectivity index (χ0) is 24.8. The number of carbonyl (C=O) groups excluding carboxylic acids is 2. The van der Waals surface area contributed by atoms with Gasteiger partial charge in [0.2, 0.25) is 5.91 Å². The molecule has 4 rings (SSSR count). The van der Waals surface area contributed by atoms with E-state index < -0.39 is 14.2 Å². The first-order valence-electron chi connectivity index (χ1n) is 12.7. The van der Waals surface area contributed by atoms with E-state index in [1.54, 1.807) is 0 Å². The van der Waals surface area contributed by atoms with Gasteiger partial charge in [-0.3, -0.25) is 4.79 Å². The van der Waals surface area contributed by atoms with Gasteiger partial charge in [-0.1, -0.05) is 62.8 Å². The molecule has 2 amide bonds. The van der Waals surface area contributed by atoms with E-state index in [-0.39, 0.29) is 37.1 Å². The predicted octanol–water partition coefficient (Wildman–Crippen LogP) is 3.92. The van der Waals surface area contributed by atoms with E-state index in [2.05, 4.69) is 35.1 Å². The monoisotopic (exact) mass is 499 g/mol. The highest BCUT2D eigenvalue weighted by atomic mass is 28.3. The van der Waals surface area contributed by atoms with E-state index in [4.69, 9.17) is 9.47 Å². The Kier molecular flexibility index (Phi) is 8.33. The number of cyclic esters (lactones) is 1. The number of nitrogens with zero attached hydrogens (tertiary/aromatic N) is 5. The minimum atomic E-state index is -1.16. The number of hydrogen-bond donors (Lipinski definition) is 0. The Balaban J connectivity index is 1.43. The lowest BCUT2D eigenvalue weighted by Crippen LogP contribution is -2.45. The van der Waals surface area contributed by atoms with Crippen molar-refractivity contribution in [2.24, 2.45) is 11.8 Å². The molecular weight excluding hydrogens is 462 g/mol. The molecule has 1 aliphatic heterocycles. The molecule has 35 heavy (non-hydrogen) atoms. The van der Waals surface area contributed by atoms with Crippen LogP contribution in [0.5, 0.6) is 0 Å². The molecule has 0 N–H and O–H groups in total. The maximum absolute atomic E-state index is 13.8. The average molecular weight is 500 g/mol. The first-order valence-corrected chi connectivity index (χ1v) is 16.4. The van der Waals surface area contributed by atoms with Crippen LogP contribution in [0.25, 0.3) is 0 Å². The van der Waals surface area contributed by atoms with Crippen molar-refractivity contribution in [1.29, 1.82) is 0 Å². The number of aromatic nitrogens is 4. The van der Waals surface area contributed by atoms with Crippen LogP contribution in [0.4, 0.5) is 4.79 Å². The van der Waals surface area contributed by atoms with E-state index in [0.29, 0.717) is 25.3 Å². The Bertz CT molecular complexity index is 987. The molecule has 1 saturated carbocycles. The summed E-state index contributed by atoms with van der Waals surface area (Å²) >= 11 is 0. The van der Waals surface area contributed by atoms with E-state index in [1.165, 1.54) is 9.70 Å². The molecule has 2 atom stereocenters. The third-order valence-corrected chi connectivity index (χ3v) is 8.60. The van der Waals surface area contributed by atoms with Gasteiger partial charge in [0.15, 0.2) is 12.6 Å². The third kappa shape index (κ3) is 6.97. The van der Waals surface area contributed by atoms with Gasteiger partial charge in [-0.25, -0.2) is 9.69 Å². The summed E-state index contributed by atoms with van der Waals surface area (Å²) in [6, 6.07) is 10.7. The molecule has 2 heterocycles. The highest BCUT2D eigenvalue weighted by molar-refractivity contribution is 6.76. The molecule has 0 radical (unpaired) electrons. The zero-order valence-corrected chi connectivity index (χ0v) is 22.1. The maximum atomic E-state index is 13.8. The van der Waals surface area contributed by atoms with Gasteiger partial charge in [-0.15, -0.1) is 15.0 Å². The van der Waals surface area contributed by atoms with E-state index in [9.17, 15) is 9.59 Å². The van der Waals surface area contributed by atoms with Crippen LogP contribution in [0.2, 0.25) is 25.7 Å². The van der Waals surface area contributed by atoms with Gasteiger partial charge in [-0.2, -0.15) is 0 Å². The summed E-state index contributed by atoms with van der Waals surface area (Å²) in [5.41, 5.74) is 1.07. The van der Waals surface area contributed by atoms with Gasteiger partial charge in [-0.05, 0) is 42.0 Å². The fourth-order valence-corrected chi connectivity index (χ4v) is 5.65. The number of rotatable bonds is 11. The minimum Gasteiger partial charge on any atom is -0.447 e. The second-order valence-corrected chi connectivity index (χ2v) is 16.5. The number of tetrazole rings is 1. The van der Waals surface area contributed by atoms with Crippen molar-refractivity contribution in [3.05, 3.63) is 41.7 Å². The van der Waals surface area contributed by atoms with Gasteiger partial charge in [0.05, 0.1) is 6.04 Å². The normalized spacial score (nSPS) is 19.8. The van der Waals surface area contributed by atoms with Crippen molar-refractivity contribution in [3.63, 3.8) is 0 Å². The second-order valence-electron chi connectivity index (χ2n) is 10.9. The summed E-state index contributed by atoms with van der Waals surface area (Å²) in [6.07, 6.45) is 4.52. The van der Waals surface area contributed by atoms with Crippen LogP contribution in [-0.2, 0) is 33.8 Å². The Morgan fingerprint density at radius 3 is 2.66 bits per heavy atom. The van der Waals surface area contributed by atoms with Crippen molar-refractivity contribution < 1.29 is 19.1 Å². The maximum Gasteiger partial charge on any atom is 0.416 e. The van der Waals surface area contributed by atoms with Crippen LogP contribution in [-0.4, -0.2) is 64.4 Å². The highest BCUT2D eigenvalue weighted by Crippen LogP contribution is 2.35. The first kappa shape index (κ1) is 25.5. The van der Waals surface area contributed by atoms with Gasteiger partial charge in [0, 0.05) is 27.0 Å². The molecule has 1 aromatic heterocycles. The predicted molar refractivity (Wildman–Crippen MR) is 133 cm³/mol. The molecule has 9 nitrogen and oxygen atoms in total. The first-order chi connectivity index (χ1) is 16.8. The molecular formula is C25H37N5O4Si. The van der Waals surface area contributed by atoms with Gasteiger partial charge in [0.1, 0.15) is 6.61 Å². The SMILES string of the molecule is C[Si](C)(C)CCOCn1nnc(CC(C(=O)N2C(=O)OCC2Cc2ccccc2)C2CCCC2)n1. The Labute approximate surface area is 208 Å². The highest BCUT2D eigenvalue weighted by Gasteiger charge is 2.43. The summed E-state index contributed by atoms with van der Waals surface area (Å²) in [6.45, 7) is 8.07. The zero-order valence-electron chi connectivity index (χ0n) is 21.1. The molecule has 1 aliphatic carbocycles. The second kappa shape index (κ2) is 11.4. The van der Waals surface area contributed by atoms with E-state index in [1.807, 2.05) is 30.3 Å². The summed E-state index contributed by atoms with van der Waals surface area (Å²) < 4.78 is 11.0. The molecule has 2 aliphatic rings. The minimum absolute atomic E-state index is 0.178. The fourth-order valence-electron chi connectivity index (χ4n) is 4.90. The topological polar surface area (TPSA) is 99.4 Å². The van der Waals surface area contributed by atoms with Gasteiger partial charge < -0.3 is 9.47 Å². The van der Waals surface area contributed by atoms with Crippen LogP contribution >= 0.6 is 0 Å². The molecule has 2 aromatic rings. The van der Waals surface area contributed by atoms with Gasteiger partial charge in [0.25, 0.3) is 0 Å². The molecule has 10 heteroatoms. The number of benzene rings is 1. The Morgan fingerprint density at radius 2 is 1.94 bits per heavy atom. The van der Waals surface area contributed by atoms with Crippen molar-refractivity contribution in [2.75, 3.05) is 13.2 Å². The number of amides is 2. The largest absolute Gasteiger partial charge is 0.447 e. The van der Waals surface area contributed by atoms with E-state index >= 15 is 0 Å². The van der Waals surface area contributed by atoms with Crippen LogP contribution in [0.15, 0.2) is 30.3 Å². The summed E-state index contributed by atoms with van der Waals surface area (Å²) in [5, 5.41) is 12.8. The van der Waals surface area contributed by atoms with Crippen LogP contribution in [0.3, 0.4) is 0 Å². The van der Waals surface area contributed by atoms with Crippen molar-refractivity contribution in [2.45, 2.75) is 77.0 Å². The summed E-state index contributed by atoms with van der Waals surface area (Å²) in [7, 11) is -1.16. The van der Waals surface area contributed by atoms with Crippen molar-refractivity contribution >= 4 is 20.1 Å². The number of carbonyl (C=O) groups is 2.